The van der Waals surface area contributed by atoms with Gasteiger partial charge in [0.2, 0.25) is 0 Å². The number of nitrogens with one attached hydrogen (secondary N) is 2. The number of aryl methyl sites for hydroxylation is 1. The molecule has 0 saturated heterocycles. The molecule has 0 unspecified atom stereocenters. The molecule has 2 N–H and O–H groups in total. The van der Waals surface area contributed by atoms with Gasteiger partial charge in [-0.2, -0.15) is 0 Å². The first kappa shape index (κ1) is 23.1. The molecule has 0 bridgehead atoms. The van der Waals surface area contributed by atoms with E-state index in [1.807, 2.05) is 48.0 Å². The van der Waals surface area contributed by atoms with Gasteiger partial charge < -0.3 is 10.1 Å². The highest BCUT2D eigenvalue weighted by Crippen LogP contribution is 2.25. The lowest BCUT2D eigenvalue weighted by molar-refractivity contribution is 0.482. The summed E-state index contributed by atoms with van der Waals surface area (Å²) in [5.41, 5.74) is 1.18. The van der Waals surface area contributed by atoms with Crippen molar-refractivity contribution in [3.05, 3.63) is 109 Å². The van der Waals surface area contributed by atoms with E-state index >= 15 is 0 Å². The molecule has 0 fully saturated rings. The van der Waals surface area contributed by atoms with Crippen LogP contribution in [0.25, 0.3) is 5.82 Å². The highest BCUT2D eigenvalue weighted by molar-refractivity contribution is 7.92. The van der Waals surface area contributed by atoms with Crippen LogP contribution in [0.5, 0.6) is 11.5 Å². The van der Waals surface area contributed by atoms with Crippen molar-refractivity contribution in [1.29, 1.82) is 0 Å². The third-order valence-electron chi connectivity index (χ3n) is 5.25. The molecule has 0 aliphatic rings. The number of para-hydroxylation sites is 1. The molecule has 0 atom stereocenters. The molecule has 0 spiro atoms. The minimum Gasteiger partial charge on any atom is -0.457 e. The number of ether oxygens (including phenoxy) is 1. The van der Waals surface area contributed by atoms with Gasteiger partial charge in [-0.15, -0.1) is 0 Å². The average Bonchev–Trinajstić information content (AvgIpc) is 3.32. The van der Waals surface area contributed by atoms with Crippen LogP contribution in [0.2, 0.25) is 0 Å². The normalized spacial score (nSPS) is 11.1. The van der Waals surface area contributed by atoms with Gasteiger partial charge in [0, 0.05) is 29.8 Å². The van der Waals surface area contributed by atoms with Gasteiger partial charge in [0.25, 0.3) is 10.0 Å². The van der Waals surface area contributed by atoms with E-state index in [0.717, 1.165) is 11.5 Å². The summed E-state index contributed by atoms with van der Waals surface area (Å²) in [5.74, 6) is 3.32. The zero-order valence-corrected chi connectivity index (χ0v) is 20.1. The summed E-state index contributed by atoms with van der Waals surface area (Å²) in [6, 6.07) is 24.2. The fourth-order valence-electron chi connectivity index (χ4n) is 3.46. The smallest absolute Gasteiger partial charge is 0.261 e. The molecule has 2 aromatic heterocycles. The van der Waals surface area contributed by atoms with E-state index < -0.39 is 10.0 Å². The van der Waals surface area contributed by atoms with Gasteiger partial charge in [-0.25, -0.2) is 23.4 Å². The number of nitrogens with zero attached hydrogens (tertiary/aromatic N) is 4. The van der Waals surface area contributed by atoms with Gasteiger partial charge in [0.1, 0.15) is 35.3 Å². The first-order chi connectivity index (χ1) is 17.5. The molecule has 5 aromatic rings. The maximum absolute atomic E-state index is 12.8. The molecule has 0 saturated carbocycles. The first-order valence-corrected chi connectivity index (χ1v) is 12.5. The minimum absolute atomic E-state index is 0.133. The van der Waals surface area contributed by atoms with Gasteiger partial charge in [0.05, 0.1) is 4.90 Å². The zero-order valence-electron chi connectivity index (χ0n) is 19.2. The fourth-order valence-corrected chi connectivity index (χ4v) is 4.52. The Hall–Kier alpha value is -4.70. The molecule has 5 rings (SSSR count). The predicted octanol–water partition coefficient (Wildman–Crippen LogP) is 5.31. The quantitative estimate of drug-likeness (QED) is 0.298. The zero-order chi connectivity index (χ0) is 25.0. The van der Waals surface area contributed by atoms with Crippen LogP contribution >= 0.6 is 0 Å². The number of anilines is 3. The van der Waals surface area contributed by atoms with Crippen LogP contribution in [0.1, 0.15) is 5.82 Å². The standard InChI is InChI=1S/C26H22N6O3S/c1-19-27-15-16-32(19)26-17-25(28-18-29-26)30-20-7-9-21(10-8-20)31-36(33,34)24-13-11-23(12-14-24)35-22-5-3-2-4-6-22/h2-18,31H,1H3,(H,28,29,30). The Morgan fingerprint density at radius 2 is 1.50 bits per heavy atom. The number of benzene rings is 3. The van der Waals surface area contributed by atoms with Gasteiger partial charge >= 0.3 is 0 Å². The molecule has 10 heteroatoms. The fraction of sp³-hybridized carbons (Fsp3) is 0.0385. The molecule has 36 heavy (non-hydrogen) atoms. The highest BCUT2D eigenvalue weighted by Gasteiger charge is 2.14. The van der Waals surface area contributed by atoms with E-state index in [0.29, 0.717) is 28.8 Å². The Morgan fingerprint density at radius 1 is 0.806 bits per heavy atom. The topological polar surface area (TPSA) is 111 Å². The lowest BCUT2D eigenvalue weighted by Crippen LogP contribution is -2.12. The predicted molar refractivity (Wildman–Crippen MR) is 137 cm³/mol. The Balaban J connectivity index is 1.24. The number of sulfonamides is 1. The van der Waals surface area contributed by atoms with Crippen LogP contribution in [0.15, 0.2) is 109 Å². The summed E-state index contributed by atoms with van der Waals surface area (Å²) in [6.45, 7) is 1.89. The van der Waals surface area contributed by atoms with E-state index in [4.69, 9.17) is 4.74 Å². The minimum atomic E-state index is -3.76. The van der Waals surface area contributed by atoms with Gasteiger partial charge in [-0.1, -0.05) is 18.2 Å². The van der Waals surface area contributed by atoms with Crippen LogP contribution in [0.4, 0.5) is 17.2 Å². The van der Waals surface area contributed by atoms with E-state index in [2.05, 4.69) is 25.0 Å². The molecular weight excluding hydrogens is 476 g/mol. The molecule has 2 heterocycles. The number of hydrogen-bond acceptors (Lipinski definition) is 7. The van der Waals surface area contributed by atoms with Crippen molar-refractivity contribution in [1.82, 2.24) is 19.5 Å². The van der Waals surface area contributed by atoms with Gasteiger partial charge in [0.15, 0.2) is 0 Å². The van der Waals surface area contributed by atoms with Gasteiger partial charge in [-0.3, -0.25) is 9.29 Å². The summed E-state index contributed by atoms with van der Waals surface area (Å²) in [4.78, 5) is 12.9. The third kappa shape index (κ3) is 5.34. The van der Waals surface area contributed by atoms with Crippen molar-refractivity contribution in [2.24, 2.45) is 0 Å². The van der Waals surface area contributed by atoms with Crippen molar-refractivity contribution < 1.29 is 13.2 Å². The maximum Gasteiger partial charge on any atom is 0.261 e. The van der Waals surface area contributed by atoms with Crippen molar-refractivity contribution >= 4 is 27.2 Å². The summed E-state index contributed by atoms with van der Waals surface area (Å²) in [7, 11) is -3.76. The number of hydrogen-bond donors (Lipinski definition) is 2. The molecular formula is C26H22N6O3S. The molecule has 0 amide bonds. The van der Waals surface area contributed by atoms with Crippen molar-refractivity contribution in [3.8, 4) is 17.3 Å². The molecule has 3 aromatic carbocycles. The van der Waals surface area contributed by atoms with E-state index in [-0.39, 0.29) is 4.90 Å². The summed E-state index contributed by atoms with van der Waals surface area (Å²) < 4.78 is 35.8. The van der Waals surface area contributed by atoms with Crippen molar-refractivity contribution in [2.75, 3.05) is 10.0 Å². The van der Waals surface area contributed by atoms with E-state index in [9.17, 15) is 8.42 Å². The second-order valence-electron chi connectivity index (χ2n) is 7.80. The largest absolute Gasteiger partial charge is 0.457 e. The van der Waals surface area contributed by atoms with Crippen molar-refractivity contribution in [2.45, 2.75) is 11.8 Å². The van der Waals surface area contributed by atoms with Crippen LogP contribution in [0.3, 0.4) is 0 Å². The van der Waals surface area contributed by atoms with Crippen LogP contribution in [-0.2, 0) is 10.0 Å². The van der Waals surface area contributed by atoms with E-state index in [1.165, 1.54) is 18.5 Å². The van der Waals surface area contributed by atoms with E-state index in [1.54, 1.807) is 48.7 Å². The number of rotatable bonds is 8. The maximum atomic E-state index is 12.8. The average molecular weight is 499 g/mol. The Kier molecular flexibility index (Phi) is 6.33. The second kappa shape index (κ2) is 9.88. The molecule has 0 aliphatic carbocycles. The summed E-state index contributed by atoms with van der Waals surface area (Å²) >= 11 is 0. The Labute approximate surface area is 208 Å². The van der Waals surface area contributed by atoms with Gasteiger partial charge in [-0.05, 0) is 67.6 Å². The van der Waals surface area contributed by atoms with Crippen LogP contribution < -0.4 is 14.8 Å². The number of imidazole rings is 1. The third-order valence-corrected chi connectivity index (χ3v) is 6.64. The monoisotopic (exact) mass is 498 g/mol. The molecule has 180 valence electrons. The second-order valence-corrected chi connectivity index (χ2v) is 9.48. The summed E-state index contributed by atoms with van der Waals surface area (Å²) in [6.07, 6.45) is 5.00. The SMILES string of the molecule is Cc1nccn1-c1cc(Nc2ccc(NS(=O)(=O)c3ccc(Oc4ccccc4)cc3)cc2)ncn1. The molecule has 0 radical (unpaired) electrons. The lowest BCUT2D eigenvalue weighted by atomic mass is 10.3. The Morgan fingerprint density at radius 3 is 2.19 bits per heavy atom. The molecule has 9 nitrogen and oxygen atoms in total. The van der Waals surface area contributed by atoms with Crippen molar-refractivity contribution in [3.63, 3.8) is 0 Å². The van der Waals surface area contributed by atoms with Crippen LogP contribution in [-0.4, -0.2) is 27.9 Å². The summed E-state index contributed by atoms with van der Waals surface area (Å²) in [5, 5.41) is 3.20. The number of aromatic nitrogens is 4. The highest BCUT2D eigenvalue weighted by atomic mass is 32.2. The Bertz CT molecular complexity index is 1570. The first-order valence-electron chi connectivity index (χ1n) is 11.0. The molecule has 0 aliphatic heterocycles. The lowest BCUT2D eigenvalue weighted by Gasteiger charge is -2.11. The van der Waals surface area contributed by atoms with Crippen LogP contribution in [0, 0.1) is 6.92 Å².